The summed E-state index contributed by atoms with van der Waals surface area (Å²) < 4.78 is 39.1. The lowest BCUT2D eigenvalue weighted by molar-refractivity contribution is -0.180. The molecular formula is C52H46O8. The lowest BCUT2D eigenvalue weighted by Gasteiger charge is -2.44. The molecule has 0 amide bonds. The predicted molar refractivity (Wildman–Crippen MR) is 229 cm³/mol. The van der Waals surface area contributed by atoms with E-state index in [4.69, 9.17) is 28.4 Å². The maximum atomic E-state index is 13.8. The van der Waals surface area contributed by atoms with Crippen LogP contribution in [0.2, 0.25) is 0 Å². The molecule has 7 aromatic carbocycles. The highest BCUT2D eigenvalue weighted by Gasteiger charge is 2.54. The molecule has 8 heteroatoms. The van der Waals surface area contributed by atoms with Gasteiger partial charge >= 0.3 is 5.97 Å². The first-order valence-corrected chi connectivity index (χ1v) is 20.0. The van der Waals surface area contributed by atoms with Crippen LogP contribution in [0.5, 0.6) is 28.7 Å². The van der Waals surface area contributed by atoms with Crippen LogP contribution in [0, 0.1) is 5.92 Å². The highest BCUT2D eigenvalue weighted by Crippen LogP contribution is 2.52. The van der Waals surface area contributed by atoms with Gasteiger partial charge in [0.2, 0.25) is 0 Å². The SMILES string of the molecule is CO[C@@](C(=O)O)(c1ccccc1)[C@@H]1Cc2c(OCc3ccccc3)cc(OCc3ccccc3)cc2O[C@@H]1c1ccc(OCc2ccccc2)c(OCc2ccccc2)c1. The molecule has 0 radical (unpaired) electrons. The number of methoxy groups -OCH3 is 1. The van der Waals surface area contributed by atoms with Gasteiger partial charge in [-0.1, -0.05) is 158 Å². The summed E-state index contributed by atoms with van der Waals surface area (Å²) in [4.78, 5) is 13.8. The van der Waals surface area contributed by atoms with Gasteiger partial charge in [-0.25, -0.2) is 4.79 Å². The Morgan fingerprint density at radius 3 is 1.53 bits per heavy atom. The highest BCUT2D eigenvalue weighted by atomic mass is 16.5. The average Bonchev–Trinajstić information content (AvgIpc) is 3.30. The Labute approximate surface area is 350 Å². The molecule has 0 saturated heterocycles. The summed E-state index contributed by atoms with van der Waals surface area (Å²) in [5.41, 5.74) is 4.02. The fourth-order valence-electron chi connectivity index (χ4n) is 7.74. The zero-order valence-electron chi connectivity index (χ0n) is 33.3. The molecule has 3 atom stereocenters. The van der Waals surface area contributed by atoms with Crippen molar-refractivity contribution in [2.24, 2.45) is 5.92 Å². The minimum Gasteiger partial charge on any atom is -0.489 e. The molecule has 1 heterocycles. The van der Waals surface area contributed by atoms with Gasteiger partial charge in [0.05, 0.1) is 0 Å². The molecule has 302 valence electrons. The van der Waals surface area contributed by atoms with E-state index < -0.39 is 23.6 Å². The number of rotatable bonds is 17. The summed E-state index contributed by atoms with van der Waals surface area (Å²) in [5.74, 6) is 0.685. The highest BCUT2D eigenvalue weighted by molar-refractivity contribution is 5.80. The van der Waals surface area contributed by atoms with E-state index in [-0.39, 0.29) is 19.6 Å². The molecule has 0 fully saturated rings. The van der Waals surface area contributed by atoms with E-state index in [9.17, 15) is 9.90 Å². The average molecular weight is 799 g/mol. The van der Waals surface area contributed by atoms with E-state index in [1.165, 1.54) is 7.11 Å². The van der Waals surface area contributed by atoms with Crippen LogP contribution in [0.15, 0.2) is 182 Å². The van der Waals surface area contributed by atoms with Crippen molar-refractivity contribution in [1.29, 1.82) is 0 Å². The molecule has 7 aromatic rings. The van der Waals surface area contributed by atoms with Crippen LogP contribution < -0.4 is 23.7 Å². The maximum absolute atomic E-state index is 13.8. The standard InChI is InChI=1S/C52H46O8/c1-55-52(51(53)54,42-25-15-6-16-26-42)45-32-44-47(58-35-39-21-11-4-12-22-39)30-43(56-33-37-17-7-2-8-18-37)31-48(44)60-50(45)41-27-28-46(57-34-38-19-9-3-10-20-38)49(29-41)59-36-40-23-13-5-14-24-40/h2-31,45,50H,32-36H2,1H3,(H,53,54)/t45-,50-,52+/m1/s1. The van der Waals surface area contributed by atoms with Crippen molar-refractivity contribution >= 4 is 5.97 Å². The maximum Gasteiger partial charge on any atom is 0.341 e. The van der Waals surface area contributed by atoms with Gasteiger partial charge in [-0.15, -0.1) is 0 Å². The van der Waals surface area contributed by atoms with Crippen molar-refractivity contribution in [3.63, 3.8) is 0 Å². The number of ether oxygens (including phenoxy) is 6. The minimum atomic E-state index is -1.84. The van der Waals surface area contributed by atoms with E-state index in [0.29, 0.717) is 58.7 Å². The molecule has 0 aliphatic carbocycles. The van der Waals surface area contributed by atoms with E-state index in [2.05, 4.69) is 0 Å². The van der Waals surface area contributed by atoms with Gasteiger partial charge in [0.15, 0.2) is 17.1 Å². The summed E-state index contributed by atoms with van der Waals surface area (Å²) >= 11 is 0. The van der Waals surface area contributed by atoms with E-state index >= 15 is 0 Å². The second-order valence-electron chi connectivity index (χ2n) is 14.7. The van der Waals surface area contributed by atoms with Crippen LogP contribution in [0.4, 0.5) is 0 Å². The van der Waals surface area contributed by atoms with Gasteiger partial charge in [0.1, 0.15) is 49.8 Å². The van der Waals surface area contributed by atoms with Crippen LogP contribution in [0.25, 0.3) is 0 Å². The molecule has 0 bridgehead atoms. The van der Waals surface area contributed by atoms with Gasteiger partial charge in [0, 0.05) is 30.7 Å². The van der Waals surface area contributed by atoms with E-state index in [1.807, 2.05) is 170 Å². The summed E-state index contributed by atoms with van der Waals surface area (Å²) in [6.07, 6.45) is -0.618. The van der Waals surface area contributed by atoms with Crippen LogP contribution in [-0.2, 0) is 48.0 Å². The summed E-state index contributed by atoms with van der Waals surface area (Å²) in [6.45, 7) is 1.23. The van der Waals surface area contributed by atoms with Crippen molar-refractivity contribution in [2.75, 3.05) is 7.11 Å². The third-order valence-corrected chi connectivity index (χ3v) is 10.8. The lowest BCUT2D eigenvalue weighted by Crippen LogP contribution is -2.50. The molecule has 8 rings (SSSR count). The Hall–Kier alpha value is -7.03. The summed E-state index contributed by atoms with van der Waals surface area (Å²) in [6, 6.07) is 58.1. The number of carbonyl (C=O) groups is 1. The van der Waals surface area contributed by atoms with Crippen molar-refractivity contribution in [3.05, 3.63) is 221 Å². The number of hydrogen-bond acceptors (Lipinski definition) is 7. The van der Waals surface area contributed by atoms with Gasteiger partial charge in [-0.3, -0.25) is 0 Å². The first-order chi connectivity index (χ1) is 29.5. The molecule has 0 aromatic heterocycles. The third kappa shape index (κ3) is 8.99. The number of hydrogen-bond donors (Lipinski definition) is 1. The van der Waals surface area contributed by atoms with Gasteiger partial charge in [-0.2, -0.15) is 0 Å². The second kappa shape index (κ2) is 18.7. The van der Waals surface area contributed by atoms with Crippen LogP contribution in [-0.4, -0.2) is 18.2 Å². The van der Waals surface area contributed by atoms with Crippen molar-refractivity contribution in [2.45, 2.75) is 44.6 Å². The Morgan fingerprint density at radius 2 is 1.03 bits per heavy atom. The molecule has 1 aliphatic heterocycles. The Bertz CT molecular complexity index is 2460. The third-order valence-electron chi connectivity index (χ3n) is 10.8. The normalized spacial score (nSPS) is 15.4. The van der Waals surface area contributed by atoms with Crippen LogP contribution >= 0.6 is 0 Å². The molecule has 0 spiro atoms. The smallest absolute Gasteiger partial charge is 0.341 e. The summed E-state index contributed by atoms with van der Waals surface area (Å²) in [5, 5.41) is 11.3. The lowest BCUT2D eigenvalue weighted by atomic mass is 9.71. The Morgan fingerprint density at radius 1 is 0.567 bits per heavy atom. The minimum absolute atomic E-state index is 0.227. The monoisotopic (exact) mass is 798 g/mol. The van der Waals surface area contributed by atoms with E-state index in [1.54, 1.807) is 12.1 Å². The molecular weight excluding hydrogens is 753 g/mol. The van der Waals surface area contributed by atoms with Gasteiger partial charge in [0.25, 0.3) is 0 Å². The topological polar surface area (TPSA) is 92.7 Å². The van der Waals surface area contributed by atoms with E-state index in [0.717, 1.165) is 22.3 Å². The summed E-state index contributed by atoms with van der Waals surface area (Å²) in [7, 11) is 1.44. The number of carboxylic acids is 1. The first-order valence-electron chi connectivity index (χ1n) is 20.0. The first kappa shape index (κ1) is 39.8. The van der Waals surface area contributed by atoms with Gasteiger partial charge in [-0.05, 0) is 51.9 Å². The van der Waals surface area contributed by atoms with Crippen LogP contribution in [0.3, 0.4) is 0 Å². The number of aliphatic carboxylic acids is 1. The van der Waals surface area contributed by atoms with Crippen LogP contribution in [0.1, 0.15) is 45.0 Å². The quantitative estimate of drug-likeness (QED) is 0.0974. The second-order valence-corrected chi connectivity index (χ2v) is 14.7. The fourth-order valence-corrected chi connectivity index (χ4v) is 7.74. The fraction of sp³-hybridized carbons (Fsp3) is 0.173. The van der Waals surface area contributed by atoms with Crippen molar-refractivity contribution in [3.8, 4) is 28.7 Å². The van der Waals surface area contributed by atoms with Gasteiger partial charge < -0.3 is 33.5 Å². The van der Waals surface area contributed by atoms with Crippen molar-refractivity contribution in [1.82, 2.24) is 0 Å². The molecule has 8 nitrogen and oxygen atoms in total. The molecule has 1 N–H and O–H groups in total. The largest absolute Gasteiger partial charge is 0.489 e. The number of fused-ring (bicyclic) bond motifs is 1. The molecule has 0 saturated carbocycles. The zero-order chi connectivity index (χ0) is 41.2. The zero-order valence-corrected chi connectivity index (χ0v) is 33.3. The number of benzene rings is 7. The molecule has 1 aliphatic rings. The predicted octanol–water partition coefficient (Wildman–Crippen LogP) is 10.9. The van der Waals surface area contributed by atoms with Crippen molar-refractivity contribution < 1.29 is 38.3 Å². The molecule has 60 heavy (non-hydrogen) atoms. The number of carboxylic acid groups (broad SMARTS) is 1. The Kier molecular flexibility index (Phi) is 12.4. The molecule has 0 unspecified atom stereocenters. The Balaban J connectivity index is 1.23.